The molecule has 0 aliphatic rings. The Labute approximate surface area is 73.3 Å². The molecule has 0 spiro atoms. The molecule has 1 rings (SSSR count). The van der Waals surface area contributed by atoms with Gasteiger partial charge in [0.25, 0.3) is 0 Å². The molecule has 0 aliphatic carbocycles. The lowest BCUT2D eigenvalue weighted by Gasteiger charge is -2.04. The minimum Gasteiger partial charge on any atom is -0.146 e. The first-order chi connectivity index (χ1) is 5.22. The summed E-state index contributed by atoms with van der Waals surface area (Å²) in [4.78, 5) is 2.97. The third-order valence-electron chi connectivity index (χ3n) is 2.04. The summed E-state index contributed by atoms with van der Waals surface area (Å²) in [6.07, 6.45) is 2.55. The highest BCUT2D eigenvalue weighted by molar-refractivity contribution is 7.11. The van der Waals surface area contributed by atoms with Gasteiger partial charge in [-0.25, -0.2) is 0 Å². The normalized spacial score (nSPS) is 13.4. The molecule has 62 valence electrons. The fourth-order valence-electron chi connectivity index (χ4n) is 1.08. The van der Waals surface area contributed by atoms with Gasteiger partial charge >= 0.3 is 0 Å². The minimum absolute atomic E-state index is 0.841. The van der Waals surface area contributed by atoms with Crippen molar-refractivity contribution in [1.82, 2.24) is 0 Å². The van der Waals surface area contributed by atoms with Gasteiger partial charge in [-0.2, -0.15) is 0 Å². The number of rotatable bonds is 3. The average Bonchev–Trinajstić information content (AvgIpc) is 2.35. The first-order valence-corrected chi connectivity index (χ1v) is 5.09. The molecular weight excluding hydrogens is 152 g/mol. The monoisotopic (exact) mass is 168 g/mol. The van der Waals surface area contributed by atoms with E-state index < -0.39 is 0 Å². The summed E-state index contributed by atoms with van der Waals surface area (Å²) in [6.45, 7) is 6.74. The van der Waals surface area contributed by atoms with Crippen molar-refractivity contribution in [2.45, 2.75) is 33.6 Å². The average molecular weight is 168 g/mol. The standard InChI is InChI=1S/C10H16S/c1-4-8(2)7-10-6-5-9(3)11-10/h5-6,8H,4,7H2,1-3H3. The van der Waals surface area contributed by atoms with Crippen LogP contribution in [0.25, 0.3) is 0 Å². The van der Waals surface area contributed by atoms with Gasteiger partial charge in [-0.05, 0) is 31.4 Å². The molecule has 11 heavy (non-hydrogen) atoms. The highest BCUT2D eigenvalue weighted by Crippen LogP contribution is 2.19. The molecule has 0 fully saturated rings. The number of hydrogen-bond acceptors (Lipinski definition) is 1. The van der Waals surface area contributed by atoms with E-state index in [0.29, 0.717) is 0 Å². The molecule has 1 heteroatoms. The van der Waals surface area contributed by atoms with Gasteiger partial charge in [-0.15, -0.1) is 11.3 Å². The zero-order valence-electron chi connectivity index (χ0n) is 7.55. The Morgan fingerprint density at radius 2 is 2.18 bits per heavy atom. The largest absolute Gasteiger partial charge is 0.146 e. The maximum Gasteiger partial charge on any atom is 0.00507 e. The Balaban J connectivity index is 2.50. The number of thiophene rings is 1. The number of hydrogen-bond donors (Lipinski definition) is 0. The van der Waals surface area contributed by atoms with E-state index in [4.69, 9.17) is 0 Å². The van der Waals surface area contributed by atoms with Gasteiger partial charge in [0.15, 0.2) is 0 Å². The lowest BCUT2D eigenvalue weighted by molar-refractivity contribution is 0.565. The van der Waals surface area contributed by atoms with Crippen molar-refractivity contribution in [3.63, 3.8) is 0 Å². The van der Waals surface area contributed by atoms with E-state index >= 15 is 0 Å². The van der Waals surface area contributed by atoms with E-state index in [-0.39, 0.29) is 0 Å². The van der Waals surface area contributed by atoms with Crippen molar-refractivity contribution in [1.29, 1.82) is 0 Å². The van der Waals surface area contributed by atoms with E-state index in [0.717, 1.165) is 5.92 Å². The molecule has 0 bridgehead atoms. The molecule has 0 radical (unpaired) electrons. The second-order valence-corrected chi connectivity index (χ2v) is 4.60. The molecule has 0 nitrogen and oxygen atoms in total. The first kappa shape index (κ1) is 8.79. The molecule has 0 N–H and O–H groups in total. The Hall–Kier alpha value is -0.300. The van der Waals surface area contributed by atoms with Crippen LogP contribution < -0.4 is 0 Å². The quantitative estimate of drug-likeness (QED) is 0.646. The molecule has 0 aromatic carbocycles. The molecule has 1 atom stereocenters. The lowest BCUT2D eigenvalue weighted by atomic mass is 10.0. The topological polar surface area (TPSA) is 0 Å². The molecule has 1 unspecified atom stereocenters. The maximum absolute atomic E-state index is 2.31. The van der Waals surface area contributed by atoms with Crippen LogP contribution >= 0.6 is 11.3 Å². The van der Waals surface area contributed by atoms with Gasteiger partial charge in [-0.3, -0.25) is 0 Å². The van der Waals surface area contributed by atoms with Gasteiger partial charge < -0.3 is 0 Å². The number of aryl methyl sites for hydroxylation is 1. The fourth-order valence-corrected chi connectivity index (χ4v) is 2.14. The predicted molar refractivity (Wildman–Crippen MR) is 52.2 cm³/mol. The summed E-state index contributed by atoms with van der Waals surface area (Å²) in [5.41, 5.74) is 0. The zero-order valence-corrected chi connectivity index (χ0v) is 8.37. The summed E-state index contributed by atoms with van der Waals surface area (Å²) in [5, 5.41) is 0. The van der Waals surface area contributed by atoms with E-state index in [1.54, 1.807) is 0 Å². The fraction of sp³-hybridized carbons (Fsp3) is 0.600. The molecule has 1 aromatic heterocycles. The summed E-state index contributed by atoms with van der Waals surface area (Å²) in [7, 11) is 0. The molecule has 1 heterocycles. The van der Waals surface area contributed by atoms with E-state index in [1.807, 2.05) is 11.3 Å². The first-order valence-electron chi connectivity index (χ1n) is 4.27. The molecule has 0 saturated heterocycles. The van der Waals surface area contributed by atoms with Crippen LogP contribution in [0.1, 0.15) is 30.0 Å². The highest BCUT2D eigenvalue weighted by atomic mass is 32.1. The third kappa shape index (κ3) is 2.66. The maximum atomic E-state index is 2.31. The lowest BCUT2D eigenvalue weighted by Crippen LogP contribution is -1.94. The van der Waals surface area contributed by atoms with E-state index in [1.165, 1.54) is 22.6 Å². The van der Waals surface area contributed by atoms with Crippen molar-refractivity contribution in [3.8, 4) is 0 Å². The molecule has 0 amide bonds. The van der Waals surface area contributed by atoms with Gasteiger partial charge in [0.05, 0.1) is 0 Å². The third-order valence-corrected chi connectivity index (χ3v) is 3.07. The van der Waals surface area contributed by atoms with Crippen LogP contribution in [0.3, 0.4) is 0 Å². The zero-order chi connectivity index (χ0) is 8.27. The summed E-state index contributed by atoms with van der Waals surface area (Å²) >= 11 is 1.93. The minimum atomic E-state index is 0.841. The Kier molecular flexibility index (Phi) is 3.13. The van der Waals surface area contributed by atoms with Crippen LogP contribution in [0.2, 0.25) is 0 Å². The van der Waals surface area contributed by atoms with Crippen molar-refractivity contribution in [2.75, 3.05) is 0 Å². The van der Waals surface area contributed by atoms with Crippen molar-refractivity contribution >= 4 is 11.3 Å². The Morgan fingerprint density at radius 1 is 1.45 bits per heavy atom. The molecule has 0 aliphatic heterocycles. The second kappa shape index (κ2) is 3.91. The van der Waals surface area contributed by atoms with Gasteiger partial charge in [0.1, 0.15) is 0 Å². The Morgan fingerprint density at radius 3 is 2.64 bits per heavy atom. The van der Waals surface area contributed by atoms with Gasteiger partial charge in [0.2, 0.25) is 0 Å². The van der Waals surface area contributed by atoms with Crippen LogP contribution in [0.4, 0.5) is 0 Å². The molecule has 1 aromatic rings. The van der Waals surface area contributed by atoms with Crippen molar-refractivity contribution < 1.29 is 0 Å². The van der Waals surface area contributed by atoms with Crippen molar-refractivity contribution in [2.24, 2.45) is 5.92 Å². The van der Waals surface area contributed by atoms with Crippen LogP contribution in [0.5, 0.6) is 0 Å². The second-order valence-electron chi connectivity index (χ2n) is 3.23. The van der Waals surface area contributed by atoms with Crippen LogP contribution in [0.15, 0.2) is 12.1 Å². The predicted octanol–water partition coefficient (Wildman–Crippen LogP) is 3.65. The summed E-state index contributed by atoms with van der Waals surface area (Å²) in [6, 6.07) is 4.47. The highest BCUT2D eigenvalue weighted by Gasteiger charge is 2.02. The van der Waals surface area contributed by atoms with Crippen molar-refractivity contribution in [3.05, 3.63) is 21.9 Å². The van der Waals surface area contributed by atoms with Crippen LogP contribution in [-0.2, 0) is 6.42 Å². The summed E-state index contributed by atoms with van der Waals surface area (Å²) < 4.78 is 0. The molecule has 0 saturated carbocycles. The molecular formula is C10H16S. The van der Waals surface area contributed by atoms with Gasteiger partial charge in [-0.1, -0.05) is 20.3 Å². The smallest absolute Gasteiger partial charge is 0.00507 e. The van der Waals surface area contributed by atoms with Crippen LogP contribution in [-0.4, -0.2) is 0 Å². The SMILES string of the molecule is CCC(C)Cc1ccc(C)s1. The van der Waals surface area contributed by atoms with Crippen LogP contribution in [0, 0.1) is 12.8 Å². The van der Waals surface area contributed by atoms with E-state index in [9.17, 15) is 0 Å². The van der Waals surface area contributed by atoms with E-state index in [2.05, 4.69) is 32.9 Å². The Bertz CT molecular complexity index is 212. The van der Waals surface area contributed by atoms with Gasteiger partial charge in [0, 0.05) is 9.75 Å². The summed E-state index contributed by atoms with van der Waals surface area (Å²) in [5.74, 6) is 0.841.